The van der Waals surface area contributed by atoms with E-state index in [-0.39, 0.29) is 12.4 Å². The van der Waals surface area contributed by atoms with Crippen LogP contribution in [0, 0.1) is 5.92 Å². The smallest absolute Gasteiger partial charge is 0.296 e. The van der Waals surface area contributed by atoms with Crippen molar-refractivity contribution in [1.82, 2.24) is 9.88 Å². The van der Waals surface area contributed by atoms with E-state index in [4.69, 9.17) is 27.6 Å². The van der Waals surface area contributed by atoms with Crippen molar-refractivity contribution in [1.29, 1.82) is 0 Å². The number of piperazine rings is 1. The zero-order chi connectivity index (χ0) is 21.1. The molecule has 1 atom stereocenters. The lowest BCUT2D eigenvalue weighted by molar-refractivity contribution is -0.905. The predicted octanol–water partition coefficient (Wildman–Crippen LogP) is 0.976. The van der Waals surface area contributed by atoms with Crippen molar-refractivity contribution in [3.05, 3.63) is 58.1 Å². The molecule has 1 aromatic heterocycles. The van der Waals surface area contributed by atoms with Crippen LogP contribution in [0.15, 0.2) is 46.9 Å². The molecular weight excluding hydrogens is 455 g/mol. The van der Waals surface area contributed by atoms with Crippen LogP contribution in [-0.4, -0.2) is 48.6 Å². The molecule has 2 aromatic carbocycles. The first kappa shape index (κ1) is 24.1. The molecule has 168 valence electrons. The summed E-state index contributed by atoms with van der Waals surface area (Å²) in [5.74, 6) is 0.488. The van der Waals surface area contributed by atoms with Crippen LogP contribution in [0.5, 0.6) is 0 Å². The molecule has 0 spiro atoms. The van der Waals surface area contributed by atoms with Gasteiger partial charge in [0.2, 0.25) is 0 Å². The Morgan fingerprint density at radius 1 is 1.10 bits per heavy atom. The molecule has 1 saturated heterocycles. The number of aromatic nitrogens is 1. The normalized spacial score (nSPS) is 16.4. The maximum Gasteiger partial charge on any atom is 0.296 e. The molecule has 0 amide bonds. The Balaban J connectivity index is 0.00000272. The Morgan fingerprint density at radius 2 is 1.84 bits per heavy atom. The standard InChI is InChI=1S/C23H28Cl2N4O.ClH/c1-16(2)21(27-23-26-20-5-3-4-6-22(20)30-23)15-29-11-9-28(10-12-29)14-17-7-8-18(24)19(25)13-17;/h3-8,13,16,21H,9-12,14-15H2,1-2H3,(H,26,27);1H. The molecule has 1 aliphatic heterocycles. The van der Waals surface area contributed by atoms with Crippen molar-refractivity contribution in [3.63, 3.8) is 0 Å². The van der Waals surface area contributed by atoms with Crippen LogP contribution in [-0.2, 0) is 6.54 Å². The molecule has 0 radical (unpaired) electrons. The van der Waals surface area contributed by atoms with Gasteiger partial charge in [-0.1, -0.05) is 55.2 Å². The summed E-state index contributed by atoms with van der Waals surface area (Å²) in [5, 5.41) is 4.78. The Hall–Kier alpha value is -1.50. The summed E-state index contributed by atoms with van der Waals surface area (Å²) in [6.07, 6.45) is 0. The zero-order valence-electron chi connectivity index (χ0n) is 17.9. The fourth-order valence-electron chi connectivity index (χ4n) is 3.98. The Morgan fingerprint density at radius 3 is 2.52 bits per heavy atom. The molecular formula is C23H29Cl3N4O. The van der Waals surface area contributed by atoms with Crippen LogP contribution in [0.4, 0.5) is 6.01 Å². The number of hydrogen-bond acceptors (Lipinski definition) is 4. The fourth-order valence-corrected chi connectivity index (χ4v) is 4.31. The average molecular weight is 484 g/mol. The summed E-state index contributed by atoms with van der Waals surface area (Å²) in [6.45, 7) is 10.9. The van der Waals surface area contributed by atoms with Crippen LogP contribution in [0.3, 0.4) is 0 Å². The second-order valence-corrected chi connectivity index (χ2v) is 9.27. The van der Waals surface area contributed by atoms with Gasteiger partial charge in [-0.05, 0) is 35.7 Å². The Bertz CT molecular complexity index is 953. The molecule has 4 rings (SSSR count). The van der Waals surface area contributed by atoms with Gasteiger partial charge in [0.1, 0.15) is 5.52 Å². The van der Waals surface area contributed by atoms with E-state index in [9.17, 15) is 0 Å². The lowest BCUT2D eigenvalue weighted by Gasteiger charge is -2.34. The summed E-state index contributed by atoms with van der Waals surface area (Å²) in [4.78, 5) is 8.69. The number of hydrogen-bond donors (Lipinski definition) is 2. The minimum absolute atomic E-state index is 0. The van der Waals surface area contributed by atoms with Crippen molar-refractivity contribution < 1.29 is 21.7 Å². The molecule has 1 fully saturated rings. The van der Waals surface area contributed by atoms with Gasteiger partial charge in [-0.3, -0.25) is 4.90 Å². The van der Waals surface area contributed by atoms with Gasteiger partial charge in [-0.15, -0.1) is 0 Å². The van der Waals surface area contributed by atoms with Crippen molar-refractivity contribution in [2.45, 2.75) is 26.4 Å². The molecule has 0 saturated carbocycles. The van der Waals surface area contributed by atoms with Crippen molar-refractivity contribution in [3.8, 4) is 0 Å². The molecule has 1 aliphatic rings. The number of benzene rings is 2. The van der Waals surface area contributed by atoms with Crippen molar-refractivity contribution in [2.24, 2.45) is 5.92 Å². The Labute approximate surface area is 200 Å². The largest absolute Gasteiger partial charge is 1.00 e. The minimum Gasteiger partial charge on any atom is -1.00 e. The molecule has 5 nitrogen and oxygen atoms in total. The number of rotatable bonds is 7. The highest BCUT2D eigenvalue weighted by atomic mass is 35.5. The number of oxazole rings is 1. The van der Waals surface area contributed by atoms with E-state index < -0.39 is 0 Å². The van der Waals surface area contributed by atoms with Gasteiger partial charge in [0.05, 0.1) is 35.7 Å². The van der Waals surface area contributed by atoms with Crippen LogP contribution in [0.25, 0.3) is 11.1 Å². The van der Waals surface area contributed by atoms with Gasteiger partial charge in [-0.25, -0.2) is 0 Å². The van der Waals surface area contributed by atoms with Crippen LogP contribution in [0.1, 0.15) is 19.4 Å². The number of halogens is 3. The van der Waals surface area contributed by atoms with Gasteiger partial charge in [0, 0.05) is 19.6 Å². The molecule has 1 unspecified atom stereocenters. The quantitative estimate of drug-likeness (QED) is 0.526. The fraction of sp³-hybridized carbons (Fsp3) is 0.435. The summed E-state index contributed by atoms with van der Waals surface area (Å²) < 4.78 is 5.88. The highest BCUT2D eigenvalue weighted by Gasteiger charge is 2.26. The third kappa shape index (κ3) is 6.27. The van der Waals surface area contributed by atoms with E-state index in [0.717, 1.165) is 50.4 Å². The van der Waals surface area contributed by atoms with Crippen LogP contribution < -0.4 is 22.6 Å². The molecule has 2 N–H and O–H groups in total. The molecule has 8 heteroatoms. The summed E-state index contributed by atoms with van der Waals surface area (Å²) in [6, 6.07) is 14.7. The van der Waals surface area contributed by atoms with Gasteiger partial charge >= 0.3 is 0 Å². The maximum absolute atomic E-state index is 6.16. The highest BCUT2D eigenvalue weighted by molar-refractivity contribution is 6.42. The van der Waals surface area contributed by atoms with Crippen molar-refractivity contribution >= 4 is 40.3 Å². The summed E-state index contributed by atoms with van der Waals surface area (Å²) >= 11 is 12.2. The first-order valence-electron chi connectivity index (χ1n) is 10.6. The van der Waals surface area contributed by atoms with Gasteiger partial charge in [-0.2, -0.15) is 4.98 Å². The predicted molar refractivity (Wildman–Crippen MR) is 124 cm³/mol. The van der Waals surface area contributed by atoms with E-state index in [1.165, 1.54) is 5.56 Å². The van der Waals surface area contributed by atoms with E-state index in [1.807, 2.05) is 36.4 Å². The third-order valence-corrected chi connectivity index (χ3v) is 6.61. The van der Waals surface area contributed by atoms with E-state index >= 15 is 0 Å². The molecule has 0 aliphatic carbocycles. The van der Waals surface area contributed by atoms with Crippen LogP contribution in [0.2, 0.25) is 10.0 Å². The summed E-state index contributed by atoms with van der Waals surface area (Å²) in [7, 11) is 0. The second kappa shape index (κ2) is 10.9. The topological polar surface area (TPSA) is 45.7 Å². The van der Waals surface area contributed by atoms with E-state index in [2.05, 4.69) is 35.1 Å². The van der Waals surface area contributed by atoms with E-state index in [0.29, 0.717) is 28.0 Å². The highest BCUT2D eigenvalue weighted by Crippen LogP contribution is 2.23. The molecule has 31 heavy (non-hydrogen) atoms. The average Bonchev–Trinajstić information content (AvgIpc) is 3.14. The number of anilines is 1. The number of nitrogens with one attached hydrogen (secondary N) is 2. The summed E-state index contributed by atoms with van der Waals surface area (Å²) in [5.41, 5.74) is 2.93. The number of nitrogens with zero attached hydrogens (tertiary/aromatic N) is 2. The lowest BCUT2D eigenvalue weighted by atomic mass is 10.0. The monoisotopic (exact) mass is 482 g/mol. The lowest BCUT2D eigenvalue weighted by Crippen LogP contribution is -3.16. The van der Waals surface area contributed by atoms with Gasteiger partial charge < -0.3 is 27.0 Å². The number of quaternary nitrogens is 1. The van der Waals surface area contributed by atoms with Crippen molar-refractivity contribution in [2.75, 3.05) is 38.0 Å². The third-order valence-electron chi connectivity index (χ3n) is 5.87. The molecule has 0 bridgehead atoms. The molecule has 3 aromatic rings. The van der Waals surface area contributed by atoms with Gasteiger partial charge in [0.15, 0.2) is 5.58 Å². The van der Waals surface area contributed by atoms with E-state index in [1.54, 1.807) is 4.90 Å². The number of fused-ring (bicyclic) bond motifs is 1. The number of para-hydroxylation sites is 2. The second-order valence-electron chi connectivity index (χ2n) is 8.46. The first-order valence-corrected chi connectivity index (χ1v) is 11.4. The first-order chi connectivity index (χ1) is 14.5. The SMILES string of the molecule is CC(C)C(C[NH+]1CCN(Cc2ccc(Cl)c(Cl)c2)CC1)Nc1nc2ccccc2o1.[Cl-]. The van der Waals surface area contributed by atoms with Gasteiger partial charge in [0.25, 0.3) is 6.01 Å². The Kier molecular flexibility index (Phi) is 8.48. The minimum atomic E-state index is 0. The van der Waals surface area contributed by atoms with Crippen LogP contribution >= 0.6 is 23.2 Å². The zero-order valence-corrected chi connectivity index (χ0v) is 20.1. The molecule has 2 heterocycles. The maximum atomic E-state index is 6.16.